The Hall–Kier alpha value is -2.95. The van der Waals surface area contributed by atoms with Gasteiger partial charge in [0.15, 0.2) is 6.10 Å². The van der Waals surface area contributed by atoms with Crippen LogP contribution in [-0.2, 0) is 27.8 Å². The van der Waals surface area contributed by atoms with E-state index >= 15 is 0 Å². The molecular weight excluding hydrogens is 378 g/mol. The summed E-state index contributed by atoms with van der Waals surface area (Å²) in [5.41, 5.74) is 4.63. The molecule has 1 aliphatic rings. The van der Waals surface area contributed by atoms with E-state index in [1.165, 1.54) is 11.1 Å². The van der Waals surface area contributed by atoms with Gasteiger partial charge in [-0.3, -0.25) is 14.4 Å². The van der Waals surface area contributed by atoms with Crippen molar-refractivity contribution in [2.45, 2.75) is 58.5 Å². The fraction of sp³-hybridized carbons (Fsp3) is 0.400. The van der Waals surface area contributed by atoms with E-state index in [0.29, 0.717) is 11.1 Å². The molecule has 1 N–H and O–H groups in total. The number of amides is 1. The number of rotatable bonds is 6. The summed E-state index contributed by atoms with van der Waals surface area (Å²) in [6.45, 7) is 7.57. The van der Waals surface area contributed by atoms with Crippen LogP contribution in [0.3, 0.4) is 0 Å². The van der Waals surface area contributed by atoms with Crippen molar-refractivity contribution in [2.24, 2.45) is 0 Å². The van der Waals surface area contributed by atoms with Gasteiger partial charge in [0.2, 0.25) is 5.78 Å². The van der Waals surface area contributed by atoms with Crippen LogP contribution >= 0.6 is 0 Å². The van der Waals surface area contributed by atoms with Crippen molar-refractivity contribution in [3.05, 3.63) is 70.3 Å². The van der Waals surface area contributed by atoms with E-state index < -0.39 is 12.1 Å². The van der Waals surface area contributed by atoms with Gasteiger partial charge >= 0.3 is 5.97 Å². The molecule has 5 nitrogen and oxygen atoms in total. The molecule has 5 heteroatoms. The minimum absolute atomic E-state index is 0.000316. The summed E-state index contributed by atoms with van der Waals surface area (Å²) in [7, 11) is 0. The van der Waals surface area contributed by atoms with Crippen LogP contribution in [0, 0.1) is 0 Å². The van der Waals surface area contributed by atoms with Crippen molar-refractivity contribution >= 4 is 17.7 Å². The summed E-state index contributed by atoms with van der Waals surface area (Å²) in [5, 5.41) is 2.55. The van der Waals surface area contributed by atoms with Crippen molar-refractivity contribution in [1.82, 2.24) is 5.32 Å². The first-order chi connectivity index (χ1) is 14.1. The summed E-state index contributed by atoms with van der Waals surface area (Å²) in [6, 6.07) is 13.0. The smallest absolute Gasteiger partial charge is 0.326 e. The van der Waals surface area contributed by atoms with Gasteiger partial charge in [-0.1, -0.05) is 45.0 Å². The summed E-state index contributed by atoms with van der Waals surface area (Å²) < 4.78 is 5.23. The summed E-state index contributed by atoms with van der Waals surface area (Å²) in [4.78, 5) is 37.0. The topological polar surface area (TPSA) is 72.5 Å². The predicted octanol–water partition coefficient (Wildman–Crippen LogP) is 4.02. The molecule has 30 heavy (non-hydrogen) atoms. The molecule has 0 radical (unpaired) electrons. The maximum absolute atomic E-state index is 12.6. The fourth-order valence-electron chi connectivity index (χ4n) is 3.63. The molecule has 0 fully saturated rings. The highest BCUT2D eigenvalue weighted by atomic mass is 16.5. The zero-order valence-corrected chi connectivity index (χ0v) is 18.1. The van der Waals surface area contributed by atoms with E-state index in [4.69, 9.17) is 4.74 Å². The SMILES string of the molecule is C[C@H](OC(=O)CNC(=O)c1ccc(C(C)(C)C)cc1)C(=O)c1ccc2c(c1)CCC2. The van der Waals surface area contributed by atoms with Crippen molar-refractivity contribution in [3.8, 4) is 0 Å². The predicted molar refractivity (Wildman–Crippen MR) is 116 cm³/mol. The highest BCUT2D eigenvalue weighted by Gasteiger charge is 2.22. The number of nitrogens with one attached hydrogen (secondary N) is 1. The number of hydrogen-bond donors (Lipinski definition) is 1. The third-order valence-corrected chi connectivity index (χ3v) is 5.47. The largest absolute Gasteiger partial charge is 0.453 e. The molecule has 3 rings (SSSR count). The fourth-order valence-corrected chi connectivity index (χ4v) is 3.63. The highest BCUT2D eigenvalue weighted by Crippen LogP contribution is 2.24. The number of Topliss-reactive ketones (excluding diaryl/α,β-unsaturated/α-hetero) is 1. The van der Waals surface area contributed by atoms with Crippen LogP contribution in [0.4, 0.5) is 0 Å². The van der Waals surface area contributed by atoms with Gasteiger partial charge in [-0.25, -0.2) is 0 Å². The molecule has 0 saturated heterocycles. The Morgan fingerprint density at radius 3 is 2.27 bits per heavy atom. The van der Waals surface area contributed by atoms with E-state index in [-0.39, 0.29) is 23.7 Å². The van der Waals surface area contributed by atoms with Crippen LogP contribution in [0.25, 0.3) is 0 Å². The number of hydrogen-bond acceptors (Lipinski definition) is 4. The molecule has 0 saturated carbocycles. The maximum Gasteiger partial charge on any atom is 0.326 e. The highest BCUT2D eigenvalue weighted by molar-refractivity contribution is 6.01. The molecule has 1 aliphatic carbocycles. The lowest BCUT2D eigenvalue weighted by Gasteiger charge is -2.19. The maximum atomic E-state index is 12.6. The number of benzene rings is 2. The standard InChI is InChI=1S/C25H29NO4/c1-16(23(28)20-9-8-17-6-5-7-19(17)14-20)30-22(27)15-26-24(29)18-10-12-21(13-11-18)25(2,3)4/h8-14,16H,5-7,15H2,1-4H3,(H,26,29)/t16-/m0/s1. The van der Waals surface area contributed by atoms with Crippen molar-refractivity contribution < 1.29 is 19.1 Å². The quantitative estimate of drug-likeness (QED) is 0.580. The molecule has 0 bridgehead atoms. The van der Waals surface area contributed by atoms with Gasteiger partial charge < -0.3 is 10.1 Å². The van der Waals surface area contributed by atoms with Crippen LogP contribution in [0.5, 0.6) is 0 Å². The van der Waals surface area contributed by atoms with Crippen LogP contribution in [-0.4, -0.2) is 30.3 Å². The van der Waals surface area contributed by atoms with Gasteiger partial charge in [-0.05, 0) is 66.5 Å². The van der Waals surface area contributed by atoms with Crippen molar-refractivity contribution in [1.29, 1.82) is 0 Å². The van der Waals surface area contributed by atoms with E-state index in [9.17, 15) is 14.4 Å². The third-order valence-electron chi connectivity index (χ3n) is 5.47. The number of esters is 1. The minimum atomic E-state index is -0.903. The van der Waals surface area contributed by atoms with Gasteiger partial charge in [0.25, 0.3) is 5.91 Å². The van der Waals surface area contributed by atoms with E-state index in [1.807, 2.05) is 24.3 Å². The molecule has 0 spiro atoms. The average Bonchev–Trinajstić information content (AvgIpc) is 3.18. The molecule has 0 unspecified atom stereocenters. The van der Waals surface area contributed by atoms with E-state index in [2.05, 4.69) is 26.1 Å². The Morgan fingerprint density at radius 2 is 1.60 bits per heavy atom. The number of carbonyl (C=O) groups is 3. The normalized spacial score (nSPS) is 14.0. The van der Waals surface area contributed by atoms with Crippen molar-refractivity contribution in [3.63, 3.8) is 0 Å². The van der Waals surface area contributed by atoms with E-state index in [1.54, 1.807) is 25.1 Å². The van der Waals surface area contributed by atoms with Gasteiger partial charge in [-0.2, -0.15) is 0 Å². The van der Waals surface area contributed by atoms with E-state index in [0.717, 1.165) is 24.8 Å². The van der Waals surface area contributed by atoms with Crippen LogP contribution in [0.2, 0.25) is 0 Å². The Bertz CT molecular complexity index is 954. The first-order valence-electron chi connectivity index (χ1n) is 10.4. The molecule has 2 aromatic rings. The number of aryl methyl sites for hydroxylation is 2. The summed E-state index contributed by atoms with van der Waals surface area (Å²) >= 11 is 0. The minimum Gasteiger partial charge on any atom is -0.453 e. The van der Waals surface area contributed by atoms with Gasteiger partial charge in [0.1, 0.15) is 6.54 Å². The first kappa shape index (κ1) is 21.8. The Labute approximate surface area is 177 Å². The van der Waals surface area contributed by atoms with Gasteiger partial charge in [0.05, 0.1) is 0 Å². The summed E-state index contributed by atoms with van der Waals surface area (Å²) in [5.74, 6) is -1.23. The molecule has 158 valence electrons. The number of ketones is 1. The molecular formula is C25H29NO4. The average molecular weight is 408 g/mol. The molecule has 1 amide bonds. The third kappa shape index (κ3) is 5.15. The first-order valence-corrected chi connectivity index (χ1v) is 10.4. The van der Waals surface area contributed by atoms with Gasteiger partial charge in [0, 0.05) is 11.1 Å². The number of ether oxygens (including phenoxy) is 1. The lowest BCUT2D eigenvalue weighted by atomic mass is 9.87. The second-order valence-electron chi connectivity index (χ2n) is 8.84. The Balaban J connectivity index is 1.51. The molecule has 0 heterocycles. The second-order valence-corrected chi connectivity index (χ2v) is 8.84. The molecule has 2 aromatic carbocycles. The van der Waals surface area contributed by atoms with Crippen LogP contribution < -0.4 is 5.32 Å². The zero-order valence-electron chi connectivity index (χ0n) is 18.1. The zero-order chi connectivity index (χ0) is 21.9. The summed E-state index contributed by atoms with van der Waals surface area (Å²) in [6.07, 6.45) is 2.23. The lowest BCUT2D eigenvalue weighted by molar-refractivity contribution is -0.145. The van der Waals surface area contributed by atoms with Gasteiger partial charge in [-0.15, -0.1) is 0 Å². The lowest BCUT2D eigenvalue weighted by Crippen LogP contribution is -2.34. The Kier molecular flexibility index (Phi) is 6.40. The number of fused-ring (bicyclic) bond motifs is 1. The van der Waals surface area contributed by atoms with Crippen LogP contribution in [0.15, 0.2) is 42.5 Å². The molecule has 1 atom stereocenters. The van der Waals surface area contributed by atoms with Crippen molar-refractivity contribution in [2.75, 3.05) is 6.54 Å². The second kappa shape index (κ2) is 8.82. The molecule has 0 aliphatic heterocycles. The molecule has 0 aromatic heterocycles. The Morgan fingerprint density at radius 1 is 0.967 bits per heavy atom. The monoisotopic (exact) mass is 407 g/mol. The van der Waals surface area contributed by atoms with Crippen LogP contribution in [0.1, 0.15) is 71.5 Å². The number of carbonyl (C=O) groups excluding carboxylic acids is 3.